The third-order valence-electron chi connectivity index (χ3n) is 2.37. The summed E-state index contributed by atoms with van der Waals surface area (Å²) in [5.41, 5.74) is 0. The van der Waals surface area contributed by atoms with Crippen molar-refractivity contribution in [3.8, 4) is 0 Å². The Hall–Kier alpha value is -0.220. The number of hydrogen-bond donors (Lipinski definition) is 1. The van der Waals surface area contributed by atoms with Gasteiger partial charge in [-0.05, 0) is 31.0 Å². The van der Waals surface area contributed by atoms with E-state index in [1.807, 2.05) is 11.8 Å². The molecule has 0 aliphatic rings. The van der Waals surface area contributed by atoms with Crippen LogP contribution in [-0.2, 0) is 4.79 Å². The van der Waals surface area contributed by atoms with Crippen LogP contribution in [0.5, 0.6) is 0 Å². The van der Waals surface area contributed by atoms with Crippen LogP contribution in [0.4, 0.5) is 0 Å². The van der Waals surface area contributed by atoms with E-state index in [2.05, 4.69) is 18.7 Å². The Balaban J connectivity index is 3.67. The lowest BCUT2D eigenvalue weighted by Gasteiger charge is -2.22. The molecule has 0 amide bonds. The van der Waals surface area contributed by atoms with Crippen LogP contribution >= 0.6 is 11.8 Å². The molecular weight excluding hydrogens is 210 g/mol. The minimum atomic E-state index is -0.698. The Bertz CT molecular complexity index is 176. The summed E-state index contributed by atoms with van der Waals surface area (Å²) in [7, 11) is 0. The van der Waals surface area contributed by atoms with Gasteiger partial charge in [0.1, 0.15) is 0 Å². The molecule has 0 fully saturated rings. The number of carbonyl (C=O) groups is 1. The van der Waals surface area contributed by atoms with Crippen molar-refractivity contribution in [3.05, 3.63) is 0 Å². The molecule has 0 heterocycles. The maximum atomic E-state index is 10.7. The van der Waals surface area contributed by atoms with Gasteiger partial charge in [-0.25, -0.2) is 0 Å². The van der Waals surface area contributed by atoms with Crippen molar-refractivity contribution in [3.63, 3.8) is 0 Å². The van der Waals surface area contributed by atoms with E-state index in [4.69, 9.17) is 5.11 Å². The predicted molar refractivity (Wildman–Crippen MR) is 66.5 cm³/mol. The van der Waals surface area contributed by atoms with E-state index in [0.29, 0.717) is 6.54 Å². The molecule has 1 unspecified atom stereocenters. The van der Waals surface area contributed by atoms with Crippen LogP contribution in [0.3, 0.4) is 0 Å². The first-order chi connectivity index (χ1) is 7.11. The minimum Gasteiger partial charge on any atom is -0.481 e. The Morgan fingerprint density at radius 3 is 2.60 bits per heavy atom. The summed E-state index contributed by atoms with van der Waals surface area (Å²) in [5.74, 6) is 1.38. The van der Waals surface area contributed by atoms with Gasteiger partial charge < -0.3 is 10.0 Å². The zero-order chi connectivity index (χ0) is 11.7. The van der Waals surface area contributed by atoms with Gasteiger partial charge in [0.25, 0.3) is 0 Å². The van der Waals surface area contributed by atoms with Crippen LogP contribution < -0.4 is 0 Å². The van der Waals surface area contributed by atoms with Gasteiger partial charge in [0.05, 0.1) is 5.92 Å². The summed E-state index contributed by atoms with van der Waals surface area (Å²) in [6.07, 6.45) is 1.15. The van der Waals surface area contributed by atoms with Crippen LogP contribution in [0.25, 0.3) is 0 Å². The third-order valence-corrected chi connectivity index (χ3v) is 3.35. The summed E-state index contributed by atoms with van der Waals surface area (Å²) in [6.45, 7) is 8.64. The number of carboxylic acids is 1. The summed E-state index contributed by atoms with van der Waals surface area (Å²) >= 11 is 1.94. The van der Waals surface area contributed by atoms with Gasteiger partial charge in [0.15, 0.2) is 0 Å². The third kappa shape index (κ3) is 7.68. The fraction of sp³-hybridized carbons (Fsp3) is 0.909. The van der Waals surface area contributed by atoms with Crippen molar-refractivity contribution in [1.82, 2.24) is 4.90 Å². The number of carboxylic acid groups (broad SMARTS) is 1. The van der Waals surface area contributed by atoms with Crippen molar-refractivity contribution in [2.75, 3.05) is 31.1 Å². The fourth-order valence-corrected chi connectivity index (χ4v) is 2.00. The second-order valence-electron chi connectivity index (χ2n) is 3.68. The summed E-state index contributed by atoms with van der Waals surface area (Å²) in [4.78, 5) is 12.9. The zero-order valence-corrected chi connectivity index (χ0v) is 10.8. The van der Waals surface area contributed by atoms with E-state index in [1.165, 1.54) is 5.75 Å². The second kappa shape index (κ2) is 9.04. The first-order valence-electron chi connectivity index (χ1n) is 5.64. The van der Waals surface area contributed by atoms with Gasteiger partial charge in [-0.3, -0.25) is 4.79 Å². The van der Waals surface area contributed by atoms with E-state index in [0.717, 1.165) is 25.3 Å². The van der Waals surface area contributed by atoms with E-state index in [-0.39, 0.29) is 5.92 Å². The first kappa shape index (κ1) is 14.8. The number of nitrogens with zero attached hydrogens (tertiary/aromatic N) is 1. The Labute approximate surface area is 97.2 Å². The fourth-order valence-electron chi connectivity index (χ4n) is 1.38. The van der Waals surface area contributed by atoms with Crippen LogP contribution in [0.1, 0.15) is 27.2 Å². The number of hydrogen-bond acceptors (Lipinski definition) is 3. The maximum absolute atomic E-state index is 10.7. The van der Waals surface area contributed by atoms with E-state index in [9.17, 15) is 4.79 Å². The van der Waals surface area contributed by atoms with Crippen LogP contribution in [0.2, 0.25) is 0 Å². The van der Waals surface area contributed by atoms with Crippen LogP contribution in [-0.4, -0.2) is 47.1 Å². The summed E-state index contributed by atoms with van der Waals surface area (Å²) in [6, 6.07) is 0. The highest BCUT2D eigenvalue weighted by atomic mass is 32.2. The SMILES string of the molecule is CCSCCCN(CC)CC(C)C(=O)O. The molecule has 1 N–H and O–H groups in total. The summed E-state index contributed by atoms with van der Waals surface area (Å²) in [5, 5.41) is 8.81. The number of thioether (sulfide) groups is 1. The van der Waals surface area contributed by atoms with Crippen LogP contribution in [0.15, 0.2) is 0 Å². The van der Waals surface area contributed by atoms with Gasteiger partial charge >= 0.3 is 5.97 Å². The topological polar surface area (TPSA) is 40.5 Å². The monoisotopic (exact) mass is 233 g/mol. The van der Waals surface area contributed by atoms with Crippen molar-refractivity contribution < 1.29 is 9.90 Å². The lowest BCUT2D eigenvalue weighted by atomic mass is 10.1. The van der Waals surface area contributed by atoms with Crippen molar-refractivity contribution >= 4 is 17.7 Å². The molecule has 90 valence electrons. The Morgan fingerprint density at radius 2 is 2.13 bits per heavy atom. The molecule has 0 rings (SSSR count). The van der Waals surface area contributed by atoms with Gasteiger partial charge in [-0.2, -0.15) is 11.8 Å². The quantitative estimate of drug-likeness (QED) is 0.620. The van der Waals surface area contributed by atoms with Crippen molar-refractivity contribution in [2.45, 2.75) is 27.2 Å². The van der Waals surface area contributed by atoms with Crippen molar-refractivity contribution in [2.24, 2.45) is 5.92 Å². The lowest BCUT2D eigenvalue weighted by molar-refractivity contribution is -0.141. The highest BCUT2D eigenvalue weighted by molar-refractivity contribution is 7.99. The minimum absolute atomic E-state index is 0.260. The molecule has 0 saturated carbocycles. The van der Waals surface area contributed by atoms with Gasteiger partial charge in [-0.1, -0.05) is 20.8 Å². The van der Waals surface area contributed by atoms with Gasteiger partial charge in [0.2, 0.25) is 0 Å². The molecule has 0 bridgehead atoms. The maximum Gasteiger partial charge on any atom is 0.307 e. The zero-order valence-electron chi connectivity index (χ0n) is 10.0. The Morgan fingerprint density at radius 1 is 1.47 bits per heavy atom. The molecule has 0 radical (unpaired) electrons. The lowest BCUT2D eigenvalue weighted by Crippen LogP contribution is -2.32. The van der Waals surface area contributed by atoms with E-state index in [1.54, 1.807) is 6.92 Å². The molecule has 0 aromatic carbocycles. The molecule has 15 heavy (non-hydrogen) atoms. The van der Waals surface area contributed by atoms with Crippen molar-refractivity contribution in [1.29, 1.82) is 0 Å². The molecule has 4 heteroatoms. The normalized spacial score (nSPS) is 13.1. The molecule has 0 spiro atoms. The summed E-state index contributed by atoms with van der Waals surface area (Å²) < 4.78 is 0. The van der Waals surface area contributed by atoms with Gasteiger partial charge in [-0.15, -0.1) is 0 Å². The molecule has 0 aliphatic carbocycles. The van der Waals surface area contributed by atoms with Gasteiger partial charge in [0, 0.05) is 6.54 Å². The Kier molecular flexibility index (Phi) is 8.91. The molecule has 0 saturated heterocycles. The van der Waals surface area contributed by atoms with Crippen LogP contribution in [0, 0.1) is 5.92 Å². The van der Waals surface area contributed by atoms with E-state index < -0.39 is 5.97 Å². The number of aliphatic carboxylic acids is 1. The molecule has 1 atom stereocenters. The molecule has 3 nitrogen and oxygen atoms in total. The molecular formula is C11H23NO2S. The highest BCUT2D eigenvalue weighted by Gasteiger charge is 2.14. The average Bonchev–Trinajstić information content (AvgIpc) is 2.22. The highest BCUT2D eigenvalue weighted by Crippen LogP contribution is 2.05. The standard InChI is InChI=1S/C11H23NO2S/c1-4-12(7-6-8-15-5-2)9-10(3)11(13)14/h10H,4-9H2,1-3H3,(H,13,14). The average molecular weight is 233 g/mol. The van der Waals surface area contributed by atoms with E-state index >= 15 is 0 Å². The molecule has 0 aromatic heterocycles. The largest absolute Gasteiger partial charge is 0.481 e. The number of rotatable bonds is 9. The molecule has 0 aliphatic heterocycles. The predicted octanol–water partition coefficient (Wildman–Crippen LogP) is 2.17. The second-order valence-corrected chi connectivity index (χ2v) is 5.08. The smallest absolute Gasteiger partial charge is 0.307 e. The molecule has 0 aromatic rings. The first-order valence-corrected chi connectivity index (χ1v) is 6.80.